The van der Waals surface area contributed by atoms with Gasteiger partial charge >= 0.3 is 49.4 Å². The largest absolute Gasteiger partial charge is 2.00 e. The number of hydrogen-bond donors (Lipinski definition) is 0. The minimum Gasteiger partial charge on any atom is -0.207 e. The molecule has 0 fully saturated rings. The molecule has 0 spiro atoms. The van der Waals surface area contributed by atoms with Crippen molar-refractivity contribution in [2.24, 2.45) is 0 Å². The molecule has 0 aromatic heterocycles. The van der Waals surface area contributed by atoms with Crippen LogP contribution in [0.1, 0.15) is 63.8 Å². The van der Waals surface area contributed by atoms with Gasteiger partial charge in [0.15, 0.2) is 0 Å². The van der Waals surface area contributed by atoms with E-state index in [-0.39, 0.29) is 61.8 Å². The minimum absolute atomic E-state index is 0. The van der Waals surface area contributed by atoms with Crippen LogP contribution >= 0.6 is 12.4 Å². The maximum absolute atomic E-state index is 2.25. The molecule has 0 aliphatic heterocycles. The summed E-state index contributed by atoms with van der Waals surface area (Å²) >= 11 is 0. The molecule has 0 heterocycles. The Balaban J connectivity index is -0.000000313. The summed E-state index contributed by atoms with van der Waals surface area (Å²) in [6.45, 7) is 22.1. The zero-order valence-corrected chi connectivity index (χ0v) is 22.2. The van der Waals surface area contributed by atoms with Crippen molar-refractivity contribution in [3.05, 3.63) is 58.7 Å². The number of aryl methyl sites for hydroxylation is 2. The third kappa shape index (κ3) is 13.6. The molecule has 0 N–H and O–H groups in total. The van der Waals surface area contributed by atoms with Gasteiger partial charge in [0.2, 0.25) is 0 Å². The summed E-state index contributed by atoms with van der Waals surface area (Å²) in [4.78, 5) is 0. The molecule has 2 aromatic carbocycles. The second kappa shape index (κ2) is 13.9. The summed E-state index contributed by atoms with van der Waals surface area (Å²) in [5.41, 5.74) is 6.23. The maximum Gasteiger partial charge on any atom is 2.00 e. The van der Waals surface area contributed by atoms with Crippen molar-refractivity contribution in [3.8, 4) is 0 Å². The first-order chi connectivity index (χ1) is 10.4. The molecular weight excluding hydrogens is 480 g/mol. The Kier molecular flexibility index (Phi) is 16.9. The second-order valence-corrected chi connectivity index (χ2v) is 9.59. The van der Waals surface area contributed by atoms with Crippen LogP contribution in [-0.4, -0.2) is 9.52 Å². The molecule has 2 aromatic rings. The predicted octanol–water partition coefficient (Wildman–Crippen LogP) is 6.96. The SMILES string of the molecule is C[SiH]C.Cc1cc(C(C)(C)C)c[cH-]1.Cc1cc(C(C)(C)C)c[cH-]1.Cl.[Eu+2]. The molecule has 2 radical (unpaired) electrons. The second-order valence-electron chi connectivity index (χ2n) is 8.43. The van der Waals surface area contributed by atoms with Crippen molar-refractivity contribution in [3.63, 3.8) is 0 Å². The van der Waals surface area contributed by atoms with Crippen molar-refractivity contribution in [1.82, 2.24) is 0 Å². The standard InChI is InChI=1S/2C10H15.C2H7Si.ClH.Eu/c2*1-8-5-6-9(7-8)10(2,3)4;1-3-2;;/h2*5-7H,1-4H3;3H,1-2H3;1H;/q2*-1;;;+2. The van der Waals surface area contributed by atoms with E-state index in [1.165, 1.54) is 22.3 Å². The molecule has 0 bridgehead atoms. The van der Waals surface area contributed by atoms with E-state index in [4.69, 9.17) is 0 Å². The van der Waals surface area contributed by atoms with Crippen LogP contribution < -0.4 is 0 Å². The topological polar surface area (TPSA) is 0 Å². The van der Waals surface area contributed by atoms with Gasteiger partial charge in [0.1, 0.15) is 0 Å². The van der Waals surface area contributed by atoms with Crippen LogP contribution in [0.4, 0.5) is 0 Å². The molecule has 25 heavy (non-hydrogen) atoms. The Morgan fingerprint density at radius 3 is 1.04 bits per heavy atom. The molecule has 3 heteroatoms. The van der Waals surface area contributed by atoms with E-state index in [9.17, 15) is 0 Å². The molecule has 0 atom stereocenters. The maximum atomic E-state index is 2.25. The van der Waals surface area contributed by atoms with E-state index in [1.807, 2.05) is 0 Å². The van der Waals surface area contributed by atoms with Gasteiger partial charge in [0.25, 0.3) is 0 Å². The molecule has 0 amide bonds. The zero-order valence-electron chi connectivity index (χ0n) is 17.8. The van der Waals surface area contributed by atoms with Gasteiger partial charge in [-0.25, -0.2) is 12.1 Å². The fourth-order valence-corrected chi connectivity index (χ4v) is 2.06. The van der Waals surface area contributed by atoms with E-state index in [0.29, 0.717) is 10.8 Å². The number of halogens is 1. The molecular formula is C22H38ClEuSi. The first-order valence-corrected chi connectivity index (χ1v) is 10.9. The average molecular weight is 518 g/mol. The van der Waals surface area contributed by atoms with E-state index < -0.39 is 0 Å². The molecule has 0 saturated carbocycles. The van der Waals surface area contributed by atoms with Gasteiger partial charge in [0, 0.05) is 9.52 Å². The van der Waals surface area contributed by atoms with Gasteiger partial charge in [-0.05, 0) is 0 Å². The Labute approximate surface area is 207 Å². The van der Waals surface area contributed by atoms with Crippen molar-refractivity contribution >= 4 is 21.9 Å². The molecule has 0 unspecified atom stereocenters. The molecule has 0 aliphatic carbocycles. The van der Waals surface area contributed by atoms with Gasteiger partial charge in [-0.3, -0.25) is 0 Å². The molecule has 0 aliphatic rings. The van der Waals surface area contributed by atoms with Crippen LogP contribution in [0.15, 0.2) is 36.4 Å². The normalized spacial score (nSPS) is 10.3. The number of hydrogen-bond acceptors (Lipinski definition) is 0. The Morgan fingerprint density at radius 1 is 0.720 bits per heavy atom. The van der Waals surface area contributed by atoms with Crippen LogP contribution in [0.2, 0.25) is 13.1 Å². The minimum atomic E-state index is 0. The third-order valence-corrected chi connectivity index (χ3v) is 3.55. The monoisotopic (exact) mass is 518 g/mol. The molecule has 0 nitrogen and oxygen atoms in total. The zero-order chi connectivity index (χ0) is 18.3. The van der Waals surface area contributed by atoms with Crippen LogP contribution in [0, 0.1) is 63.2 Å². The van der Waals surface area contributed by atoms with Gasteiger partial charge in [0.05, 0.1) is 0 Å². The molecule has 0 saturated heterocycles. The summed E-state index contributed by atoms with van der Waals surface area (Å²) in [5.74, 6) is 0. The summed E-state index contributed by atoms with van der Waals surface area (Å²) in [7, 11) is 0.750. The van der Waals surface area contributed by atoms with Gasteiger partial charge in [-0.15, -0.1) is 12.4 Å². The Bertz CT molecular complexity index is 503. The quantitative estimate of drug-likeness (QED) is 0.262. The van der Waals surface area contributed by atoms with Gasteiger partial charge in [-0.1, -0.05) is 79.3 Å². The fourth-order valence-electron chi connectivity index (χ4n) is 2.06. The summed E-state index contributed by atoms with van der Waals surface area (Å²) in [6.07, 6.45) is 0. The van der Waals surface area contributed by atoms with Crippen LogP contribution in [0.3, 0.4) is 0 Å². The molecule has 144 valence electrons. The smallest absolute Gasteiger partial charge is 0.207 e. The van der Waals surface area contributed by atoms with Gasteiger partial charge in [-0.2, -0.15) is 46.5 Å². The predicted molar refractivity (Wildman–Crippen MR) is 117 cm³/mol. The Morgan fingerprint density at radius 2 is 0.960 bits per heavy atom. The van der Waals surface area contributed by atoms with Crippen molar-refractivity contribution in [2.75, 3.05) is 0 Å². The van der Waals surface area contributed by atoms with Crippen LogP contribution in [0.25, 0.3) is 0 Å². The van der Waals surface area contributed by atoms with E-state index in [0.717, 1.165) is 9.52 Å². The number of rotatable bonds is 0. The third-order valence-electron chi connectivity index (χ3n) is 3.55. The van der Waals surface area contributed by atoms with Crippen LogP contribution in [-0.2, 0) is 10.8 Å². The summed E-state index contributed by atoms with van der Waals surface area (Å²) < 4.78 is 0. The van der Waals surface area contributed by atoms with E-state index >= 15 is 0 Å². The van der Waals surface area contributed by atoms with Crippen molar-refractivity contribution in [2.45, 2.75) is 79.3 Å². The average Bonchev–Trinajstić information content (AvgIpc) is 2.98. The van der Waals surface area contributed by atoms with E-state index in [1.54, 1.807) is 0 Å². The first kappa shape index (κ1) is 30.5. The Hall–Kier alpha value is 0.791. The van der Waals surface area contributed by atoms with E-state index in [2.05, 4.69) is 105 Å². The summed E-state index contributed by atoms with van der Waals surface area (Å²) in [6, 6.07) is 13.2. The molecule has 2 rings (SSSR count). The van der Waals surface area contributed by atoms with Crippen molar-refractivity contribution in [1.29, 1.82) is 0 Å². The fraction of sp³-hybridized carbons (Fsp3) is 0.545. The first-order valence-electron chi connectivity index (χ1n) is 8.63. The van der Waals surface area contributed by atoms with Crippen molar-refractivity contribution < 1.29 is 49.4 Å². The van der Waals surface area contributed by atoms with Gasteiger partial charge < -0.3 is 0 Å². The van der Waals surface area contributed by atoms with Crippen LogP contribution in [0.5, 0.6) is 0 Å². The summed E-state index contributed by atoms with van der Waals surface area (Å²) in [5, 5.41) is 0.